The van der Waals surface area contributed by atoms with Crippen LogP contribution in [0.15, 0.2) is 85.2 Å². The van der Waals surface area contributed by atoms with Crippen molar-refractivity contribution in [3.8, 4) is 6.07 Å². The standard InChI is InChI=1S/C24H18N4O2/c25-13-21(24(30)27-22-12-6-10-18-9-4-5-11-20(18)22)23(29)19-14-26-28(16-19)15-17-7-2-1-3-8-17/h1-12,14,16,21H,15H2,(H,27,30). The molecule has 4 aromatic rings. The Kier molecular flexibility index (Phi) is 5.35. The summed E-state index contributed by atoms with van der Waals surface area (Å²) in [6.45, 7) is 0.494. The molecule has 146 valence electrons. The molecule has 1 amide bonds. The monoisotopic (exact) mass is 394 g/mol. The number of nitrogens with zero attached hydrogens (tertiary/aromatic N) is 3. The Hall–Kier alpha value is -4.24. The molecule has 30 heavy (non-hydrogen) atoms. The van der Waals surface area contributed by atoms with E-state index in [0.29, 0.717) is 12.2 Å². The molecule has 1 unspecified atom stereocenters. The topological polar surface area (TPSA) is 87.8 Å². The summed E-state index contributed by atoms with van der Waals surface area (Å²) in [5.74, 6) is -2.69. The number of fused-ring (bicyclic) bond motifs is 1. The van der Waals surface area contributed by atoms with Crippen LogP contribution in [0.4, 0.5) is 5.69 Å². The molecule has 4 rings (SSSR count). The van der Waals surface area contributed by atoms with Gasteiger partial charge in [-0.05, 0) is 17.0 Å². The first-order chi connectivity index (χ1) is 14.7. The first-order valence-corrected chi connectivity index (χ1v) is 9.44. The van der Waals surface area contributed by atoms with Crippen LogP contribution in [0, 0.1) is 17.2 Å². The average Bonchev–Trinajstić information content (AvgIpc) is 3.24. The Labute approximate surface area is 173 Å². The van der Waals surface area contributed by atoms with E-state index in [1.807, 2.05) is 72.8 Å². The van der Waals surface area contributed by atoms with Gasteiger partial charge in [-0.15, -0.1) is 0 Å². The molecule has 0 spiro atoms. The molecule has 0 fully saturated rings. The molecule has 1 N–H and O–H groups in total. The molecule has 0 bridgehead atoms. The minimum absolute atomic E-state index is 0.227. The first kappa shape index (κ1) is 19.1. The van der Waals surface area contributed by atoms with Crippen molar-refractivity contribution in [1.82, 2.24) is 9.78 Å². The van der Waals surface area contributed by atoms with E-state index in [-0.39, 0.29) is 5.56 Å². The Morgan fingerprint density at radius 2 is 1.73 bits per heavy atom. The van der Waals surface area contributed by atoms with Crippen LogP contribution < -0.4 is 5.32 Å². The van der Waals surface area contributed by atoms with E-state index < -0.39 is 17.6 Å². The molecule has 0 radical (unpaired) electrons. The highest BCUT2D eigenvalue weighted by molar-refractivity contribution is 6.16. The van der Waals surface area contributed by atoms with E-state index in [0.717, 1.165) is 16.3 Å². The SMILES string of the molecule is N#CC(C(=O)Nc1cccc2ccccc12)C(=O)c1cnn(Cc2ccccc2)c1. The number of benzene rings is 3. The highest BCUT2D eigenvalue weighted by Gasteiger charge is 2.29. The normalized spacial score (nSPS) is 11.6. The van der Waals surface area contributed by atoms with Gasteiger partial charge in [-0.3, -0.25) is 14.3 Å². The van der Waals surface area contributed by atoms with Crippen molar-refractivity contribution in [2.24, 2.45) is 5.92 Å². The Balaban J connectivity index is 1.51. The lowest BCUT2D eigenvalue weighted by atomic mass is 10.00. The van der Waals surface area contributed by atoms with Gasteiger partial charge < -0.3 is 5.32 Å². The molecule has 6 nitrogen and oxygen atoms in total. The number of nitrogens with one attached hydrogen (secondary N) is 1. The van der Waals surface area contributed by atoms with Gasteiger partial charge in [-0.1, -0.05) is 66.7 Å². The largest absolute Gasteiger partial charge is 0.324 e. The third-order valence-electron chi connectivity index (χ3n) is 4.81. The van der Waals surface area contributed by atoms with Gasteiger partial charge in [0.15, 0.2) is 11.7 Å². The van der Waals surface area contributed by atoms with Crippen molar-refractivity contribution >= 4 is 28.2 Å². The maximum atomic E-state index is 12.8. The van der Waals surface area contributed by atoms with Gasteiger partial charge in [0.1, 0.15) is 0 Å². The van der Waals surface area contributed by atoms with Crippen molar-refractivity contribution in [3.05, 3.63) is 96.3 Å². The van der Waals surface area contributed by atoms with E-state index in [1.165, 1.54) is 6.20 Å². The summed E-state index contributed by atoms with van der Waals surface area (Å²) in [4.78, 5) is 25.5. The molecule has 1 heterocycles. The second-order valence-electron chi connectivity index (χ2n) is 6.85. The second kappa shape index (κ2) is 8.41. The number of amides is 1. The van der Waals surface area contributed by atoms with E-state index >= 15 is 0 Å². The number of carbonyl (C=O) groups is 2. The van der Waals surface area contributed by atoms with Crippen LogP contribution in [0.2, 0.25) is 0 Å². The Morgan fingerprint density at radius 3 is 2.53 bits per heavy atom. The van der Waals surface area contributed by atoms with Crippen LogP contribution >= 0.6 is 0 Å². The Bertz CT molecular complexity index is 1250. The summed E-state index contributed by atoms with van der Waals surface area (Å²) >= 11 is 0. The number of anilines is 1. The van der Waals surface area contributed by atoms with E-state index in [2.05, 4.69) is 10.4 Å². The minimum Gasteiger partial charge on any atom is -0.324 e. The summed E-state index contributed by atoms with van der Waals surface area (Å²) in [6.07, 6.45) is 2.95. The van der Waals surface area contributed by atoms with Gasteiger partial charge >= 0.3 is 0 Å². The van der Waals surface area contributed by atoms with Gasteiger partial charge in [0.05, 0.1) is 24.4 Å². The van der Waals surface area contributed by atoms with E-state index in [9.17, 15) is 14.9 Å². The summed E-state index contributed by atoms with van der Waals surface area (Å²) in [5.41, 5.74) is 1.82. The summed E-state index contributed by atoms with van der Waals surface area (Å²) < 4.78 is 1.61. The van der Waals surface area contributed by atoms with Crippen LogP contribution in [0.5, 0.6) is 0 Å². The van der Waals surface area contributed by atoms with Gasteiger partial charge in [0.2, 0.25) is 5.91 Å². The molecule has 0 aliphatic carbocycles. The van der Waals surface area contributed by atoms with Gasteiger partial charge in [-0.25, -0.2) is 0 Å². The smallest absolute Gasteiger partial charge is 0.249 e. The van der Waals surface area contributed by atoms with Crippen LogP contribution in [-0.2, 0) is 11.3 Å². The number of aromatic nitrogens is 2. The van der Waals surface area contributed by atoms with Crippen molar-refractivity contribution < 1.29 is 9.59 Å². The summed E-state index contributed by atoms with van der Waals surface area (Å²) in [5, 5.41) is 18.2. The number of hydrogen-bond donors (Lipinski definition) is 1. The highest BCUT2D eigenvalue weighted by atomic mass is 16.2. The molecule has 6 heteroatoms. The van der Waals surface area contributed by atoms with Crippen LogP contribution in [-0.4, -0.2) is 21.5 Å². The molecule has 1 aromatic heterocycles. The molecule has 0 saturated carbocycles. The van der Waals surface area contributed by atoms with Crippen molar-refractivity contribution in [1.29, 1.82) is 5.26 Å². The lowest BCUT2D eigenvalue weighted by Gasteiger charge is -2.11. The second-order valence-corrected chi connectivity index (χ2v) is 6.85. The predicted octanol–water partition coefficient (Wildman–Crippen LogP) is 4.05. The van der Waals surface area contributed by atoms with Crippen LogP contribution in [0.1, 0.15) is 15.9 Å². The fourth-order valence-corrected chi connectivity index (χ4v) is 3.29. The quantitative estimate of drug-likeness (QED) is 0.395. The van der Waals surface area contributed by atoms with Crippen molar-refractivity contribution in [3.63, 3.8) is 0 Å². The number of ketones is 1. The minimum atomic E-state index is -1.46. The van der Waals surface area contributed by atoms with Gasteiger partial charge in [0.25, 0.3) is 0 Å². The van der Waals surface area contributed by atoms with Gasteiger partial charge in [-0.2, -0.15) is 10.4 Å². The number of nitriles is 1. The van der Waals surface area contributed by atoms with Crippen molar-refractivity contribution in [2.45, 2.75) is 6.54 Å². The zero-order valence-corrected chi connectivity index (χ0v) is 16.0. The lowest BCUT2D eigenvalue weighted by molar-refractivity contribution is -0.117. The Morgan fingerprint density at radius 1 is 1.00 bits per heavy atom. The third-order valence-corrected chi connectivity index (χ3v) is 4.81. The summed E-state index contributed by atoms with van der Waals surface area (Å²) in [6, 6.07) is 24.6. The van der Waals surface area contributed by atoms with Gasteiger partial charge in [0, 0.05) is 17.3 Å². The van der Waals surface area contributed by atoms with Crippen LogP contribution in [0.3, 0.4) is 0 Å². The number of carbonyl (C=O) groups excluding carboxylic acids is 2. The number of Topliss-reactive ketones (excluding diaryl/α,β-unsaturated/α-hetero) is 1. The van der Waals surface area contributed by atoms with Crippen LogP contribution in [0.25, 0.3) is 10.8 Å². The fraction of sp³-hybridized carbons (Fsp3) is 0.0833. The van der Waals surface area contributed by atoms with E-state index in [4.69, 9.17) is 0 Å². The van der Waals surface area contributed by atoms with Crippen molar-refractivity contribution in [2.75, 3.05) is 5.32 Å². The predicted molar refractivity (Wildman–Crippen MR) is 114 cm³/mol. The third kappa shape index (κ3) is 3.96. The average molecular weight is 394 g/mol. The molecular weight excluding hydrogens is 376 g/mol. The fourth-order valence-electron chi connectivity index (χ4n) is 3.29. The molecule has 3 aromatic carbocycles. The molecule has 0 aliphatic heterocycles. The lowest BCUT2D eigenvalue weighted by Crippen LogP contribution is -2.28. The maximum Gasteiger partial charge on any atom is 0.249 e. The summed E-state index contributed by atoms with van der Waals surface area (Å²) in [7, 11) is 0. The molecule has 1 atom stereocenters. The first-order valence-electron chi connectivity index (χ1n) is 9.44. The molecular formula is C24H18N4O2. The zero-order valence-electron chi connectivity index (χ0n) is 16.0. The number of hydrogen-bond acceptors (Lipinski definition) is 4. The molecule has 0 aliphatic rings. The highest BCUT2D eigenvalue weighted by Crippen LogP contribution is 2.24. The molecule has 0 saturated heterocycles. The van der Waals surface area contributed by atoms with E-state index in [1.54, 1.807) is 16.9 Å². The number of rotatable bonds is 6. The maximum absolute atomic E-state index is 12.8. The zero-order chi connectivity index (χ0) is 20.9.